The van der Waals surface area contributed by atoms with Crippen LogP contribution in [0, 0.1) is 6.92 Å². The Morgan fingerprint density at radius 1 is 1.14 bits per heavy atom. The molecule has 1 amide bonds. The number of hydrogen-bond acceptors (Lipinski definition) is 4. The molecule has 6 nitrogen and oxygen atoms in total. The van der Waals surface area contributed by atoms with Crippen LogP contribution in [-0.2, 0) is 19.6 Å². The summed E-state index contributed by atoms with van der Waals surface area (Å²) in [5.41, 5.74) is 1.33. The van der Waals surface area contributed by atoms with Gasteiger partial charge in [-0.3, -0.25) is 9.52 Å². The second-order valence-corrected chi connectivity index (χ2v) is 8.95. The van der Waals surface area contributed by atoms with E-state index in [9.17, 15) is 13.2 Å². The molecule has 0 heterocycles. The first kappa shape index (κ1) is 20.6. The zero-order chi connectivity index (χ0) is 20.1. The lowest BCUT2D eigenvalue weighted by Gasteiger charge is -2.14. The number of ether oxygens (including phenoxy) is 1. The van der Waals surface area contributed by atoms with Crippen molar-refractivity contribution in [3.63, 3.8) is 0 Å². The first-order chi connectivity index (χ1) is 13.3. The monoisotopic (exact) mass is 422 g/mol. The van der Waals surface area contributed by atoms with E-state index in [-0.39, 0.29) is 23.5 Å². The Balaban J connectivity index is 1.70. The maximum absolute atomic E-state index is 12.8. The second-order valence-electron chi connectivity index (χ2n) is 6.86. The Bertz CT molecular complexity index is 956. The maximum atomic E-state index is 12.8. The van der Waals surface area contributed by atoms with Crippen LogP contribution in [0.2, 0.25) is 5.02 Å². The molecular formula is C20H23ClN2O4S. The summed E-state index contributed by atoms with van der Waals surface area (Å²) < 4.78 is 33.7. The summed E-state index contributed by atoms with van der Waals surface area (Å²) in [5, 5.41) is 3.13. The van der Waals surface area contributed by atoms with Gasteiger partial charge >= 0.3 is 0 Å². The van der Waals surface area contributed by atoms with Crippen LogP contribution in [0.25, 0.3) is 0 Å². The number of nitrogens with one attached hydrogen (secondary N) is 2. The maximum Gasteiger partial charge on any atom is 0.262 e. The number of anilines is 2. The smallest absolute Gasteiger partial charge is 0.262 e. The topological polar surface area (TPSA) is 84.5 Å². The summed E-state index contributed by atoms with van der Waals surface area (Å²) in [4.78, 5) is 12.2. The minimum Gasteiger partial charge on any atom is -0.368 e. The molecule has 0 saturated heterocycles. The van der Waals surface area contributed by atoms with E-state index in [1.165, 1.54) is 12.1 Å². The molecule has 1 aliphatic carbocycles. The zero-order valence-electron chi connectivity index (χ0n) is 15.6. The van der Waals surface area contributed by atoms with Gasteiger partial charge in [-0.25, -0.2) is 8.42 Å². The highest BCUT2D eigenvalue weighted by atomic mass is 35.5. The van der Waals surface area contributed by atoms with Crippen LogP contribution < -0.4 is 10.0 Å². The van der Waals surface area contributed by atoms with Crippen LogP contribution in [0.5, 0.6) is 0 Å². The Labute approximate surface area is 170 Å². The lowest BCUT2D eigenvalue weighted by molar-refractivity contribution is -0.122. The van der Waals surface area contributed by atoms with E-state index in [1.54, 1.807) is 37.3 Å². The molecule has 0 aliphatic heterocycles. The first-order valence-electron chi connectivity index (χ1n) is 9.14. The second kappa shape index (κ2) is 8.94. The van der Waals surface area contributed by atoms with E-state index in [4.69, 9.17) is 16.3 Å². The summed E-state index contributed by atoms with van der Waals surface area (Å²) in [5.74, 6) is -0.304. The minimum absolute atomic E-state index is 0.0403. The Kier molecular flexibility index (Phi) is 6.59. The van der Waals surface area contributed by atoms with Crippen LogP contribution in [0.4, 0.5) is 11.4 Å². The van der Waals surface area contributed by atoms with Gasteiger partial charge in [-0.15, -0.1) is 0 Å². The van der Waals surface area contributed by atoms with Gasteiger partial charge in [-0.1, -0.05) is 36.6 Å². The molecule has 3 rings (SSSR count). The van der Waals surface area contributed by atoms with Gasteiger partial charge in [0.05, 0.1) is 16.7 Å². The molecule has 1 aliphatic rings. The van der Waals surface area contributed by atoms with Crippen molar-refractivity contribution in [1.29, 1.82) is 0 Å². The number of benzene rings is 2. The highest BCUT2D eigenvalue weighted by Gasteiger charge is 2.19. The Morgan fingerprint density at radius 3 is 2.61 bits per heavy atom. The third-order valence-corrected chi connectivity index (χ3v) is 6.35. The predicted molar refractivity (Wildman–Crippen MR) is 110 cm³/mol. The van der Waals surface area contributed by atoms with E-state index in [1.807, 2.05) is 0 Å². The van der Waals surface area contributed by atoms with Crippen molar-refractivity contribution >= 4 is 38.9 Å². The molecule has 1 saturated carbocycles. The number of carbonyl (C=O) groups excluding carboxylic acids is 1. The molecule has 0 bridgehead atoms. The molecule has 1 fully saturated rings. The van der Waals surface area contributed by atoms with Gasteiger partial charge < -0.3 is 10.1 Å². The standard InChI is InChI=1S/C20H23ClN2O4S/c1-14-9-10-16(22-20(24)13-27-18-7-2-3-8-18)12-19(14)28(25,26)23-17-6-4-5-15(21)11-17/h4-6,9-12,18,23H,2-3,7-8,13H2,1H3,(H,22,24). The van der Waals surface area contributed by atoms with Gasteiger partial charge in [0, 0.05) is 10.7 Å². The molecule has 2 aromatic carbocycles. The highest BCUT2D eigenvalue weighted by molar-refractivity contribution is 7.92. The van der Waals surface area contributed by atoms with E-state index in [2.05, 4.69) is 10.0 Å². The molecule has 0 radical (unpaired) electrons. The average molecular weight is 423 g/mol. The van der Waals surface area contributed by atoms with Gasteiger partial charge in [-0.05, 0) is 55.7 Å². The zero-order valence-corrected chi connectivity index (χ0v) is 17.1. The van der Waals surface area contributed by atoms with Crippen molar-refractivity contribution in [1.82, 2.24) is 0 Å². The van der Waals surface area contributed by atoms with Crippen molar-refractivity contribution in [2.45, 2.75) is 43.6 Å². The van der Waals surface area contributed by atoms with Gasteiger partial charge in [0.2, 0.25) is 5.91 Å². The number of amides is 1. The molecule has 2 N–H and O–H groups in total. The van der Waals surface area contributed by atoms with E-state index < -0.39 is 10.0 Å². The third-order valence-electron chi connectivity index (χ3n) is 4.59. The number of sulfonamides is 1. The molecule has 0 aromatic heterocycles. The molecule has 0 unspecified atom stereocenters. The number of hydrogen-bond donors (Lipinski definition) is 2. The lowest BCUT2D eigenvalue weighted by atomic mass is 10.2. The summed E-state index contributed by atoms with van der Waals surface area (Å²) in [7, 11) is -3.84. The molecule has 28 heavy (non-hydrogen) atoms. The van der Waals surface area contributed by atoms with Crippen LogP contribution in [-0.4, -0.2) is 27.0 Å². The van der Waals surface area contributed by atoms with Gasteiger partial charge in [0.15, 0.2) is 0 Å². The molecular weight excluding hydrogens is 400 g/mol. The van der Waals surface area contributed by atoms with E-state index >= 15 is 0 Å². The van der Waals surface area contributed by atoms with Crippen LogP contribution in [0.3, 0.4) is 0 Å². The SMILES string of the molecule is Cc1ccc(NC(=O)COC2CCCC2)cc1S(=O)(=O)Nc1cccc(Cl)c1. The van der Waals surface area contributed by atoms with Crippen LogP contribution >= 0.6 is 11.6 Å². The molecule has 0 atom stereocenters. The quantitative estimate of drug-likeness (QED) is 0.694. The summed E-state index contributed by atoms with van der Waals surface area (Å²) in [6.07, 6.45) is 4.36. The van der Waals surface area contributed by atoms with Crippen LogP contribution in [0.1, 0.15) is 31.2 Å². The van der Waals surface area contributed by atoms with Crippen molar-refractivity contribution < 1.29 is 17.9 Å². The fourth-order valence-electron chi connectivity index (χ4n) is 3.18. The van der Waals surface area contributed by atoms with Gasteiger partial charge in [0.1, 0.15) is 6.61 Å². The molecule has 0 spiro atoms. The first-order valence-corrected chi connectivity index (χ1v) is 11.0. The van der Waals surface area contributed by atoms with Gasteiger partial charge in [-0.2, -0.15) is 0 Å². The van der Waals surface area contributed by atoms with Crippen molar-refractivity contribution in [2.24, 2.45) is 0 Å². The highest BCUT2D eigenvalue weighted by Crippen LogP contribution is 2.25. The van der Waals surface area contributed by atoms with E-state index in [0.29, 0.717) is 22.0 Å². The third kappa shape index (κ3) is 5.47. The van der Waals surface area contributed by atoms with Gasteiger partial charge in [0.25, 0.3) is 10.0 Å². The minimum atomic E-state index is -3.84. The number of aryl methyl sites for hydroxylation is 1. The predicted octanol–water partition coefficient (Wildman–Crippen LogP) is 4.35. The summed E-state index contributed by atoms with van der Waals surface area (Å²) >= 11 is 5.92. The number of halogens is 1. The van der Waals surface area contributed by atoms with Crippen LogP contribution in [0.15, 0.2) is 47.4 Å². The lowest BCUT2D eigenvalue weighted by Crippen LogP contribution is -2.22. The summed E-state index contributed by atoms with van der Waals surface area (Å²) in [6.45, 7) is 1.66. The number of carbonyl (C=O) groups is 1. The Morgan fingerprint density at radius 2 is 1.89 bits per heavy atom. The number of rotatable bonds is 7. The molecule has 2 aromatic rings. The fraction of sp³-hybridized carbons (Fsp3) is 0.350. The average Bonchev–Trinajstić information content (AvgIpc) is 3.15. The summed E-state index contributed by atoms with van der Waals surface area (Å²) in [6, 6.07) is 11.2. The fourth-order valence-corrected chi connectivity index (χ4v) is 4.69. The Hall–Kier alpha value is -2.09. The van der Waals surface area contributed by atoms with Crippen molar-refractivity contribution in [3.05, 3.63) is 53.1 Å². The van der Waals surface area contributed by atoms with Crippen molar-refractivity contribution in [2.75, 3.05) is 16.6 Å². The molecule has 150 valence electrons. The van der Waals surface area contributed by atoms with Crippen molar-refractivity contribution in [3.8, 4) is 0 Å². The largest absolute Gasteiger partial charge is 0.368 e. The van der Waals surface area contributed by atoms with E-state index in [0.717, 1.165) is 25.7 Å². The normalized spacial score (nSPS) is 14.8. The molecule has 8 heteroatoms.